The van der Waals surface area contributed by atoms with Gasteiger partial charge in [0, 0.05) is 0 Å². The van der Waals surface area contributed by atoms with Crippen molar-refractivity contribution in [3.8, 4) is 0 Å². The van der Waals surface area contributed by atoms with E-state index >= 15 is 0 Å². The van der Waals surface area contributed by atoms with Crippen molar-refractivity contribution in [3.05, 3.63) is 30.3 Å². The zero-order chi connectivity index (χ0) is 12.3. The van der Waals surface area contributed by atoms with E-state index < -0.39 is 8.07 Å². The second-order valence-electron chi connectivity index (χ2n) is 5.39. The summed E-state index contributed by atoms with van der Waals surface area (Å²) in [6, 6.07) is 11.2. The van der Waals surface area contributed by atoms with E-state index in [1.165, 1.54) is 0 Å². The molecule has 0 aliphatic rings. The van der Waals surface area contributed by atoms with Crippen LogP contribution in [0.3, 0.4) is 0 Å². The van der Waals surface area contributed by atoms with Crippen LogP contribution < -0.4 is 5.19 Å². The molecular weight excluding hydrogens is 246 g/mol. The second-order valence-corrected chi connectivity index (χ2v) is 16.3. The molecule has 0 heterocycles. The Labute approximate surface area is 104 Å². The van der Waals surface area contributed by atoms with Crippen molar-refractivity contribution in [1.29, 1.82) is 0 Å². The number of rotatable bonds is 4. The summed E-state index contributed by atoms with van der Waals surface area (Å²) in [5.41, 5.74) is 0. The van der Waals surface area contributed by atoms with E-state index in [2.05, 4.69) is 70.1 Å². The van der Waals surface area contributed by atoms with Crippen molar-refractivity contribution in [2.24, 2.45) is 0 Å². The van der Waals surface area contributed by atoms with Gasteiger partial charge < -0.3 is 0 Å². The number of hydrogen-bond acceptors (Lipinski definition) is 0. The second kappa shape index (κ2) is 5.76. The van der Waals surface area contributed by atoms with Gasteiger partial charge in [-0.2, -0.15) is 0 Å². The van der Waals surface area contributed by atoms with E-state index in [9.17, 15) is 0 Å². The molecule has 90 valence electrons. The van der Waals surface area contributed by atoms with E-state index in [0.717, 1.165) is 5.02 Å². The molecule has 0 spiro atoms. The minimum atomic E-state index is -1.28. The molecule has 3 heteroatoms. The summed E-state index contributed by atoms with van der Waals surface area (Å²) >= 11 is 0. The Morgan fingerprint density at radius 2 is 1.31 bits per heavy atom. The lowest BCUT2D eigenvalue weighted by Crippen LogP contribution is -2.50. The van der Waals surface area contributed by atoms with Gasteiger partial charge in [-0.1, -0.05) is 48.6 Å². The first kappa shape index (κ1) is 14.4. The highest BCUT2D eigenvalue weighted by molar-refractivity contribution is 7.79. The molecule has 0 atom stereocenters. The maximum Gasteiger partial charge on any atom is 0.0922 e. The van der Waals surface area contributed by atoms with E-state index in [0.29, 0.717) is 0 Å². The zero-order valence-electron chi connectivity index (χ0n) is 11.4. The van der Waals surface area contributed by atoms with Crippen molar-refractivity contribution < 1.29 is 0 Å². The van der Waals surface area contributed by atoms with Crippen LogP contribution in [0.5, 0.6) is 0 Å². The van der Waals surface area contributed by atoms with Crippen molar-refractivity contribution in [3.63, 3.8) is 0 Å². The van der Waals surface area contributed by atoms with Gasteiger partial charge in [0.15, 0.2) is 0 Å². The number of hydrogen-bond donors (Lipinski definition) is 0. The van der Waals surface area contributed by atoms with Crippen LogP contribution in [0.15, 0.2) is 30.3 Å². The monoisotopic (exact) mass is 270 g/mol. The Hall–Kier alpha value is 0.297. The van der Waals surface area contributed by atoms with Crippen LogP contribution in [-0.4, -0.2) is 39.8 Å². The third kappa shape index (κ3) is 3.16. The summed E-state index contributed by atoms with van der Waals surface area (Å²) in [5.74, 6) is 0. The van der Waals surface area contributed by atoms with Crippen LogP contribution >= 0.6 is 15.8 Å². The molecular formula is C13H24P2Si. The molecule has 0 saturated heterocycles. The minimum absolute atomic E-state index is 0.176. The third-order valence-electron chi connectivity index (χ3n) is 3.14. The van der Waals surface area contributed by atoms with Crippen molar-refractivity contribution >= 4 is 29.1 Å². The summed E-state index contributed by atoms with van der Waals surface area (Å²) in [6.45, 7) is 14.9. The lowest BCUT2D eigenvalue weighted by Gasteiger charge is -2.39. The molecule has 0 fully saturated rings. The third-order valence-corrected chi connectivity index (χ3v) is 18.0. The molecule has 0 nitrogen and oxygen atoms in total. The molecule has 0 aliphatic heterocycles. The molecule has 1 aromatic carbocycles. The molecule has 0 N–H and O–H groups in total. The largest absolute Gasteiger partial charge is 0.108 e. The highest BCUT2D eigenvalue weighted by atomic mass is 31.2. The van der Waals surface area contributed by atoms with Crippen LogP contribution in [0.1, 0.15) is 0 Å². The fraction of sp³-hybridized carbons (Fsp3) is 0.538. The van der Waals surface area contributed by atoms with Crippen LogP contribution in [0, 0.1) is 0 Å². The SMILES string of the molecule is CP(C)C(P(C)C)[Si](C)(C)c1ccccc1. The molecule has 1 aromatic rings. The molecule has 0 unspecified atom stereocenters. The van der Waals surface area contributed by atoms with Crippen LogP contribution in [0.4, 0.5) is 0 Å². The van der Waals surface area contributed by atoms with Crippen molar-refractivity contribution in [1.82, 2.24) is 0 Å². The maximum atomic E-state index is 2.55. The van der Waals surface area contributed by atoms with E-state index in [-0.39, 0.29) is 15.8 Å². The van der Waals surface area contributed by atoms with Gasteiger partial charge in [-0.05, 0) is 31.7 Å². The fourth-order valence-corrected chi connectivity index (χ4v) is 19.0. The average Bonchev–Trinajstić information content (AvgIpc) is 2.17. The maximum absolute atomic E-state index is 2.55. The molecule has 0 saturated carbocycles. The summed E-state index contributed by atoms with van der Waals surface area (Å²) in [7, 11) is -0.926. The van der Waals surface area contributed by atoms with E-state index in [1.54, 1.807) is 5.19 Å². The summed E-state index contributed by atoms with van der Waals surface area (Å²) in [6.07, 6.45) is 0. The molecule has 1 rings (SSSR count). The molecule has 0 amide bonds. The van der Waals surface area contributed by atoms with Gasteiger partial charge >= 0.3 is 0 Å². The summed E-state index contributed by atoms with van der Waals surface area (Å²) in [5, 5.41) is 2.62. The van der Waals surface area contributed by atoms with Gasteiger partial charge in [0.25, 0.3) is 0 Å². The standard InChI is InChI=1S/C13H24P2Si/c1-14(2)13(15(3)4)16(5,6)12-10-8-7-9-11-12/h7-11,13H,1-6H3. The Morgan fingerprint density at radius 1 is 0.875 bits per heavy atom. The lowest BCUT2D eigenvalue weighted by molar-refractivity contribution is 1.57. The first-order chi connectivity index (χ1) is 7.37. The van der Waals surface area contributed by atoms with E-state index in [1.807, 2.05) is 0 Å². The smallest absolute Gasteiger partial charge is 0.0922 e. The lowest BCUT2D eigenvalue weighted by atomic mass is 10.4. The molecule has 0 radical (unpaired) electrons. The first-order valence-corrected chi connectivity index (χ1v) is 13.4. The van der Waals surface area contributed by atoms with Gasteiger partial charge in [-0.3, -0.25) is 0 Å². The van der Waals surface area contributed by atoms with Gasteiger partial charge in [0.2, 0.25) is 0 Å². The zero-order valence-corrected chi connectivity index (χ0v) is 14.1. The van der Waals surface area contributed by atoms with Gasteiger partial charge in [-0.15, -0.1) is 15.8 Å². The summed E-state index contributed by atoms with van der Waals surface area (Å²) < 4.78 is 0. The summed E-state index contributed by atoms with van der Waals surface area (Å²) in [4.78, 5) is 0. The predicted octanol–water partition coefficient (Wildman–Crippen LogP) is 3.95. The van der Waals surface area contributed by atoms with Crippen LogP contribution in [0.25, 0.3) is 0 Å². The predicted molar refractivity (Wildman–Crippen MR) is 84.9 cm³/mol. The van der Waals surface area contributed by atoms with Gasteiger partial charge in [0.1, 0.15) is 0 Å². The highest BCUT2D eigenvalue weighted by Crippen LogP contribution is 2.54. The van der Waals surface area contributed by atoms with Gasteiger partial charge in [0.05, 0.1) is 8.07 Å². The first-order valence-electron chi connectivity index (χ1n) is 5.75. The Kier molecular flexibility index (Phi) is 5.17. The van der Waals surface area contributed by atoms with E-state index in [4.69, 9.17) is 0 Å². The molecule has 16 heavy (non-hydrogen) atoms. The quantitative estimate of drug-likeness (QED) is 0.574. The van der Waals surface area contributed by atoms with Crippen molar-refractivity contribution in [2.45, 2.75) is 18.1 Å². The average molecular weight is 270 g/mol. The minimum Gasteiger partial charge on any atom is -0.108 e. The molecule has 0 bridgehead atoms. The van der Waals surface area contributed by atoms with Crippen LogP contribution in [0.2, 0.25) is 13.1 Å². The Morgan fingerprint density at radius 3 is 1.69 bits per heavy atom. The Bertz CT molecular complexity index is 312. The van der Waals surface area contributed by atoms with Crippen LogP contribution in [-0.2, 0) is 0 Å². The highest BCUT2D eigenvalue weighted by Gasteiger charge is 2.37. The topological polar surface area (TPSA) is 0 Å². The molecule has 0 aromatic heterocycles. The van der Waals surface area contributed by atoms with Crippen molar-refractivity contribution in [2.75, 3.05) is 26.7 Å². The molecule has 0 aliphatic carbocycles. The normalized spacial score (nSPS) is 12.8. The van der Waals surface area contributed by atoms with Gasteiger partial charge in [-0.25, -0.2) is 0 Å². The Balaban J connectivity index is 3.08. The number of benzene rings is 1. The fourth-order valence-electron chi connectivity index (χ4n) is 2.77.